The van der Waals surface area contributed by atoms with Crippen LogP contribution in [0.3, 0.4) is 0 Å². The predicted molar refractivity (Wildman–Crippen MR) is 72.7 cm³/mol. The summed E-state index contributed by atoms with van der Waals surface area (Å²) in [7, 11) is 0. The van der Waals surface area contributed by atoms with Crippen LogP contribution in [0.15, 0.2) is 60.7 Å². The molecule has 19 heavy (non-hydrogen) atoms. The lowest BCUT2D eigenvalue weighted by Crippen LogP contribution is -2.31. The molecule has 0 spiro atoms. The van der Waals surface area contributed by atoms with E-state index < -0.39 is 11.6 Å². The van der Waals surface area contributed by atoms with E-state index in [2.05, 4.69) is 0 Å². The summed E-state index contributed by atoms with van der Waals surface area (Å²) in [6, 6.07) is 18.4. The molecule has 0 aliphatic rings. The smallest absolute Gasteiger partial charge is 0.306 e. The maximum absolute atomic E-state index is 11.0. The van der Waals surface area contributed by atoms with Crippen molar-refractivity contribution in [3.05, 3.63) is 71.8 Å². The molecule has 0 radical (unpaired) electrons. The first kappa shape index (κ1) is 13.3. The van der Waals surface area contributed by atoms with Crippen LogP contribution in [0.2, 0.25) is 0 Å². The fourth-order valence-corrected chi connectivity index (χ4v) is 2.20. The first-order chi connectivity index (χ1) is 9.10. The van der Waals surface area contributed by atoms with E-state index in [0.717, 1.165) is 5.56 Å². The van der Waals surface area contributed by atoms with Crippen LogP contribution in [-0.2, 0) is 16.8 Å². The zero-order chi connectivity index (χ0) is 13.7. The molecule has 0 saturated heterocycles. The van der Waals surface area contributed by atoms with Gasteiger partial charge >= 0.3 is 5.97 Å². The summed E-state index contributed by atoms with van der Waals surface area (Å²) < 4.78 is 0. The molecular weight excluding hydrogens is 240 g/mol. The summed E-state index contributed by atoms with van der Waals surface area (Å²) in [4.78, 5) is 11.0. The Kier molecular flexibility index (Phi) is 3.97. The maximum atomic E-state index is 11.0. The average molecular weight is 256 g/mol. The summed E-state index contributed by atoms with van der Waals surface area (Å²) >= 11 is 0. The van der Waals surface area contributed by atoms with Crippen LogP contribution in [0, 0.1) is 0 Å². The van der Waals surface area contributed by atoms with Gasteiger partial charge in [0.2, 0.25) is 0 Å². The lowest BCUT2D eigenvalue weighted by Gasteiger charge is -2.27. The molecule has 1 atom stereocenters. The third kappa shape index (κ3) is 3.42. The molecule has 2 rings (SSSR count). The second-order valence-corrected chi connectivity index (χ2v) is 4.63. The molecule has 3 nitrogen and oxygen atoms in total. The highest BCUT2D eigenvalue weighted by Crippen LogP contribution is 2.29. The molecule has 0 aliphatic carbocycles. The molecule has 2 aromatic rings. The number of benzene rings is 2. The Bertz CT molecular complexity index is 536. The predicted octanol–water partition coefficient (Wildman–Crippen LogP) is 2.59. The average Bonchev–Trinajstić information content (AvgIpc) is 2.40. The van der Waals surface area contributed by atoms with Crippen molar-refractivity contribution in [3.8, 4) is 0 Å². The van der Waals surface area contributed by atoms with Crippen LogP contribution < -0.4 is 0 Å². The Morgan fingerprint density at radius 2 is 1.47 bits per heavy atom. The number of carboxylic acid groups (broad SMARTS) is 1. The highest BCUT2D eigenvalue weighted by Gasteiger charge is 2.32. The summed E-state index contributed by atoms with van der Waals surface area (Å²) in [6.45, 7) is 0. The van der Waals surface area contributed by atoms with Gasteiger partial charge < -0.3 is 10.2 Å². The summed E-state index contributed by atoms with van der Waals surface area (Å²) in [6.07, 6.45) is -0.0317. The van der Waals surface area contributed by atoms with Gasteiger partial charge in [-0.25, -0.2) is 0 Å². The van der Waals surface area contributed by atoms with Gasteiger partial charge in [-0.05, 0) is 11.1 Å². The lowest BCUT2D eigenvalue weighted by molar-refractivity contribution is -0.143. The van der Waals surface area contributed by atoms with Crippen LogP contribution in [-0.4, -0.2) is 16.2 Å². The molecule has 3 heteroatoms. The van der Waals surface area contributed by atoms with Gasteiger partial charge in [-0.15, -0.1) is 0 Å². The van der Waals surface area contributed by atoms with Gasteiger partial charge in [-0.3, -0.25) is 4.79 Å². The minimum absolute atomic E-state index is 0.282. The third-order valence-corrected chi connectivity index (χ3v) is 3.09. The lowest BCUT2D eigenvalue weighted by atomic mass is 9.84. The molecule has 0 fully saturated rings. The van der Waals surface area contributed by atoms with Crippen molar-refractivity contribution in [2.24, 2.45) is 0 Å². The molecule has 0 saturated carbocycles. The zero-order valence-corrected chi connectivity index (χ0v) is 10.5. The second-order valence-electron chi connectivity index (χ2n) is 4.63. The van der Waals surface area contributed by atoms with Crippen molar-refractivity contribution in [2.75, 3.05) is 0 Å². The van der Waals surface area contributed by atoms with E-state index in [1.54, 1.807) is 24.3 Å². The minimum atomic E-state index is -1.38. The zero-order valence-electron chi connectivity index (χ0n) is 10.5. The van der Waals surface area contributed by atoms with Crippen molar-refractivity contribution in [1.29, 1.82) is 0 Å². The van der Waals surface area contributed by atoms with Crippen molar-refractivity contribution < 1.29 is 15.0 Å². The van der Waals surface area contributed by atoms with E-state index in [-0.39, 0.29) is 12.8 Å². The van der Waals surface area contributed by atoms with E-state index in [1.165, 1.54) is 0 Å². The molecule has 2 aromatic carbocycles. The number of carbonyl (C=O) groups is 1. The topological polar surface area (TPSA) is 57.5 Å². The van der Waals surface area contributed by atoms with Gasteiger partial charge in [-0.2, -0.15) is 0 Å². The quantitative estimate of drug-likeness (QED) is 0.864. The third-order valence-electron chi connectivity index (χ3n) is 3.09. The number of rotatable bonds is 5. The Morgan fingerprint density at radius 3 is 2.00 bits per heavy atom. The van der Waals surface area contributed by atoms with Gasteiger partial charge in [0.1, 0.15) is 5.60 Å². The van der Waals surface area contributed by atoms with Crippen LogP contribution in [0.25, 0.3) is 0 Å². The van der Waals surface area contributed by atoms with Crippen molar-refractivity contribution in [1.82, 2.24) is 0 Å². The van der Waals surface area contributed by atoms with E-state index in [9.17, 15) is 9.90 Å². The highest BCUT2D eigenvalue weighted by atomic mass is 16.4. The first-order valence-corrected chi connectivity index (χ1v) is 6.14. The van der Waals surface area contributed by atoms with Gasteiger partial charge in [0.25, 0.3) is 0 Å². The van der Waals surface area contributed by atoms with Gasteiger partial charge in [0.15, 0.2) is 0 Å². The molecule has 0 bridgehead atoms. The summed E-state index contributed by atoms with van der Waals surface area (Å²) in [5, 5.41) is 19.8. The van der Waals surface area contributed by atoms with E-state index in [0.29, 0.717) is 5.56 Å². The Labute approximate surface area is 112 Å². The monoisotopic (exact) mass is 256 g/mol. The molecule has 0 aliphatic heterocycles. The Morgan fingerprint density at radius 1 is 0.947 bits per heavy atom. The van der Waals surface area contributed by atoms with Gasteiger partial charge in [-0.1, -0.05) is 60.7 Å². The molecule has 1 unspecified atom stereocenters. The van der Waals surface area contributed by atoms with Crippen molar-refractivity contribution in [3.63, 3.8) is 0 Å². The maximum Gasteiger partial charge on any atom is 0.306 e. The molecular formula is C16H16O3. The second kappa shape index (κ2) is 5.67. The molecule has 0 heterocycles. The molecule has 98 valence electrons. The van der Waals surface area contributed by atoms with Crippen LogP contribution in [0.4, 0.5) is 0 Å². The summed E-state index contributed by atoms with van der Waals surface area (Å²) in [5.41, 5.74) is 0.158. The van der Waals surface area contributed by atoms with Crippen LogP contribution in [0.5, 0.6) is 0 Å². The van der Waals surface area contributed by atoms with Gasteiger partial charge in [0.05, 0.1) is 6.42 Å². The van der Waals surface area contributed by atoms with Gasteiger partial charge in [0, 0.05) is 6.42 Å². The number of aliphatic carboxylic acids is 1. The van der Waals surface area contributed by atoms with Crippen LogP contribution in [0.1, 0.15) is 17.5 Å². The van der Waals surface area contributed by atoms with E-state index in [4.69, 9.17) is 5.11 Å². The minimum Gasteiger partial charge on any atom is -0.481 e. The molecule has 0 amide bonds. The SMILES string of the molecule is O=C(O)CC(O)(Cc1ccccc1)c1ccccc1. The normalized spacial score (nSPS) is 13.7. The fourth-order valence-electron chi connectivity index (χ4n) is 2.20. The standard InChI is InChI=1S/C16H16O3/c17-15(18)12-16(19,14-9-5-2-6-10-14)11-13-7-3-1-4-8-13/h1-10,19H,11-12H2,(H,17,18). The highest BCUT2D eigenvalue weighted by molar-refractivity contribution is 5.68. The molecule has 2 N–H and O–H groups in total. The Hall–Kier alpha value is -2.13. The first-order valence-electron chi connectivity index (χ1n) is 6.14. The van der Waals surface area contributed by atoms with Crippen LogP contribution >= 0.6 is 0 Å². The van der Waals surface area contributed by atoms with Crippen molar-refractivity contribution in [2.45, 2.75) is 18.4 Å². The molecule has 0 aromatic heterocycles. The van der Waals surface area contributed by atoms with Crippen molar-refractivity contribution >= 4 is 5.97 Å². The largest absolute Gasteiger partial charge is 0.481 e. The number of aliphatic hydroxyl groups is 1. The number of hydrogen-bond donors (Lipinski definition) is 2. The summed E-state index contributed by atoms with van der Waals surface area (Å²) in [5.74, 6) is -1.01. The van der Waals surface area contributed by atoms with E-state index >= 15 is 0 Å². The fraction of sp³-hybridized carbons (Fsp3) is 0.188. The Balaban J connectivity index is 2.32. The van der Waals surface area contributed by atoms with E-state index in [1.807, 2.05) is 36.4 Å². The number of hydrogen-bond acceptors (Lipinski definition) is 2. The number of carboxylic acids is 1.